The molecule has 2 aromatic heterocycles. The molecule has 0 unspecified atom stereocenters. The number of rotatable bonds is 8. The summed E-state index contributed by atoms with van der Waals surface area (Å²) in [7, 11) is 0. The summed E-state index contributed by atoms with van der Waals surface area (Å²) in [5.41, 5.74) is 0.0393. The average molecular weight is 477 g/mol. The van der Waals surface area contributed by atoms with Gasteiger partial charge in [-0.05, 0) is 37.1 Å². The van der Waals surface area contributed by atoms with Crippen LogP contribution in [0.4, 0.5) is 0 Å². The highest BCUT2D eigenvalue weighted by molar-refractivity contribution is 7.99. The maximum atomic E-state index is 12.3. The summed E-state index contributed by atoms with van der Waals surface area (Å²) in [5.74, 6) is 0.521. The lowest BCUT2D eigenvalue weighted by molar-refractivity contribution is -0.119. The van der Waals surface area contributed by atoms with Gasteiger partial charge in [0, 0.05) is 42.0 Å². The quantitative estimate of drug-likeness (QED) is 0.417. The third-order valence-electron chi connectivity index (χ3n) is 4.83. The molecule has 10 nitrogen and oxygen atoms in total. The highest BCUT2D eigenvalue weighted by Crippen LogP contribution is 2.24. The molecule has 0 bridgehead atoms. The summed E-state index contributed by atoms with van der Waals surface area (Å²) in [6.45, 7) is 1.23. The maximum absolute atomic E-state index is 12.3. The smallest absolute Gasteiger partial charge is 0.325 e. The second-order valence-electron chi connectivity index (χ2n) is 7.23. The highest BCUT2D eigenvalue weighted by atomic mass is 35.5. The van der Waals surface area contributed by atoms with Gasteiger partial charge in [-0.1, -0.05) is 23.4 Å². The lowest BCUT2D eigenvalue weighted by Gasteiger charge is -2.12. The van der Waals surface area contributed by atoms with E-state index in [1.807, 2.05) is 0 Å². The van der Waals surface area contributed by atoms with Crippen LogP contribution in [0.5, 0.6) is 0 Å². The SMILES string of the molecule is O=C(CSc1nnc(Cc2cc(=O)[nH]c(=O)[nH]2)n1-c1ccc(Cl)cc1)NC[C@@H]1CCCO1. The molecular weight excluding hydrogens is 456 g/mol. The number of hydrogen-bond donors (Lipinski definition) is 3. The average Bonchev–Trinajstić information content (AvgIpc) is 3.41. The number of hydrogen-bond acceptors (Lipinski definition) is 7. The normalized spacial score (nSPS) is 15.7. The molecule has 3 heterocycles. The Morgan fingerprint density at radius 2 is 2.06 bits per heavy atom. The maximum Gasteiger partial charge on any atom is 0.325 e. The number of halogens is 1. The Kier molecular flexibility index (Phi) is 7.08. The number of nitrogens with one attached hydrogen (secondary N) is 3. The van der Waals surface area contributed by atoms with Gasteiger partial charge in [-0.25, -0.2) is 4.79 Å². The molecule has 1 aromatic carbocycles. The van der Waals surface area contributed by atoms with Gasteiger partial charge in [0.2, 0.25) is 5.91 Å². The van der Waals surface area contributed by atoms with E-state index >= 15 is 0 Å². The van der Waals surface area contributed by atoms with Crippen molar-refractivity contribution in [2.24, 2.45) is 0 Å². The molecule has 1 fully saturated rings. The minimum atomic E-state index is -0.595. The fourth-order valence-electron chi connectivity index (χ4n) is 3.36. The van der Waals surface area contributed by atoms with Crippen LogP contribution in [0.2, 0.25) is 5.02 Å². The Labute approximate surface area is 191 Å². The van der Waals surface area contributed by atoms with Gasteiger partial charge in [-0.3, -0.25) is 19.1 Å². The first kappa shape index (κ1) is 22.3. The molecule has 1 amide bonds. The zero-order valence-corrected chi connectivity index (χ0v) is 18.5. The van der Waals surface area contributed by atoms with Crippen molar-refractivity contribution < 1.29 is 9.53 Å². The number of carbonyl (C=O) groups excluding carboxylic acids is 1. The van der Waals surface area contributed by atoms with E-state index in [2.05, 4.69) is 25.5 Å². The molecule has 1 atom stereocenters. The van der Waals surface area contributed by atoms with Crippen LogP contribution in [-0.4, -0.2) is 55.6 Å². The number of benzene rings is 1. The molecule has 0 radical (unpaired) electrons. The van der Waals surface area contributed by atoms with Gasteiger partial charge in [-0.2, -0.15) is 0 Å². The zero-order chi connectivity index (χ0) is 22.5. The Bertz CT molecular complexity index is 1170. The first-order valence-corrected chi connectivity index (χ1v) is 11.4. The lowest BCUT2D eigenvalue weighted by Crippen LogP contribution is -2.32. The molecule has 12 heteroatoms. The summed E-state index contributed by atoms with van der Waals surface area (Å²) in [5, 5.41) is 12.4. The van der Waals surface area contributed by atoms with Crippen LogP contribution in [0.15, 0.2) is 45.1 Å². The van der Waals surface area contributed by atoms with Gasteiger partial charge in [0.1, 0.15) is 5.82 Å². The van der Waals surface area contributed by atoms with Crippen molar-refractivity contribution in [3.05, 3.63) is 67.7 Å². The largest absolute Gasteiger partial charge is 0.376 e. The van der Waals surface area contributed by atoms with E-state index in [-0.39, 0.29) is 24.2 Å². The molecule has 1 aliphatic heterocycles. The number of aromatic amines is 2. The topological polar surface area (TPSA) is 135 Å². The van der Waals surface area contributed by atoms with Crippen molar-refractivity contribution in [3.63, 3.8) is 0 Å². The van der Waals surface area contributed by atoms with Crippen LogP contribution >= 0.6 is 23.4 Å². The molecule has 32 heavy (non-hydrogen) atoms. The fraction of sp³-hybridized carbons (Fsp3) is 0.350. The first-order valence-electron chi connectivity index (χ1n) is 10.0. The molecule has 1 saturated heterocycles. The van der Waals surface area contributed by atoms with E-state index in [1.54, 1.807) is 28.8 Å². The molecule has 0 spiro atoms. The van der Waals surface area contributed by atoms with Crippen molar-refractivity contribution in [2.45, 2.75) is 30.5 Å². The number of thioether (sulfide) groups is 1. The summed E-state index contributed by atoms with van der Waals surface area (Å²) in [6, 6.07) is 8.37. The number of nitrogens with zero attached hydrogens (tertiary/aromatic N) is 3. The van der Waals surface area contributed by atoms with Crippen LogP contribution in [0.3, 0.4) is 0 Å². The number of ether oxygens (including phenoxy) is 1. The van der Waals surface area contributed by atoms with Crippen molar-refractivity contribution >= 4 is 29.3 Å². The summed E-state index contributed by atoms with van der Waals surface area (Å²) >= 11 is 7.26. The summed E-state index contributed by atoms with van der Waals surface area (Å²) in [4.78, 5) is 40.3. The molecule has 4 rings (SSSR count). The summed E-state index contributed by atoms with van der Waals surface area (Å²) < 4.78 is 7.29. The number of carbonyl (C=O) groups is 1. The van der Waals surface area contributed by atoms with Gasteiger partial charge in [-0.15, -0.1) is 10.2 Å². The number of aromatic nitrogens is 5. The van der Waals surface area contributed by atoms with Crippen LogP contribution in [0, 0.1) is 0 Å². The van der Waals surface area contributed by atoms with E-state index in [0.29, 0.717) is 28.2 Å². The Morgan fingerprint density at radius 3 is 2.78 bits per heavy atom. The molecule has 3 aromatic rings. The van der Waals surface area contributed by atoms with Gasteiger partial charge in [0.25, 0.3) is 5.56 Å². The Hall–Kier alpha value is -2.89. The second-order valence-corrected chi connectivity index (χ2v) is 8.61. The molecule has 3 N–H and O–H groups in total. The monoisotopic (exact) mass is 476 g/mol. The van der Waals surface area contributed by atoms with Gasteiger partial charge < -0.3 is 15.0 Å². The van der Waals surface area contributed by atoms with Crippen molar-refractivity contribution in [1.82, 2.24) is 30.0 Å². The van der Waals surface area contributed by atoms with Crippen LogP contribution in [-0.2, 0) is 16.0 Å². The van der Waals surface area contributed by atoms with E-state index in [1.165, 1.54) is 17.8 Å². The van der Waals surface area contributed by atoms with Gasteiger partial charge >= 0.3 is 5.69 Å². The first-order chi connectivity index (χ1) is 15.5. The molecule has 0 aliphatic carbocycles. The van der Waals surface area contributed by atoms with Gasteiger partial charge in [0.05, 0.1) is 11.9 Å². The van der Waals surface area contributed by atoms with Crippen molar-refractivity contribution in [1.29, 1.82) is 0 Å². The lowest BCUT2D eigenvalue weighted by atomic mass is 10.2. The van der Waals surface area contributed by atoms with Crippen LogP contribution in [0.1, 0.15) is 24.4 Å². The fourth-order valence-corrected chi connectivity index (χ4v) is 4.28. The number of amides is 1. The van der Waals surface area contributed by atoms with Gasteiger partial charge in [0.15, 0.2) is 5.16 Å². The van der Waals surface area contributed by atoms with Crippen LogP contribution < -0.4 is 16.6 Å². The minimum absolute atomic E-state index is 0.0736. The van der Waals surface area contributed by atoms with Crippen LogP contribution in [0.25, 0.3) is 5.69 Å². The zero-order valence-electron chi connectivity index (χ0n) is 17.0. The molecule has 168 valence electrons. The van der Waals surface area contributed by atoms with E-state index < -0.39 is 11.2 Å². The molecule has 0 saturated carbocycles. The predicted molar refractivity (Wildman–Crippen MR) is 120 cm³/mol. The molecule has 1 aliphatic rings. The Balaban J connectivity index is 1.53. The number of H-pyrrole nitrogens is 2. The predicted octanol–water partition coefficient (Wildman–Crippen LogP) is 1.28. The van der Waals surface area contributed by atoms with E-state index in [0.717, 1.165) is 25.1 Å². The van der Waals surface area contributed by atoms with E-state index in [9.17, 15) is 14.4 Å². The third-order valence-corrected chi connectivity index (χ3v) is 6.01. The minimum Gasteiger partial charge on any atom is -0.376 e. The van der Waals surface area contributed by atoms with Crippen molar-refractivity contribution in [3.8, 4) is 5.69 Å². The second kappa shape index (κ2) is 10.2. The standard InChI is InChI=1S/C20H21ClN6O4S/c21-12-3-5-14(6-4-12)27-16(8-13-9-17(28)24-19(30)23-13)25-26-20(27)32-11-18(29)22-10-15-2-1-7-31-15/h3-6,9,15H,1-2,7-8,10-11H2,(H,22,29)(H2,23,24,28,30)/t15-/m0/s1. The van der Waals surface area contributed by atoms with Crippen molar-refractivity contribution in [2.75, 3.05) is 18.9 Å². The highest BCUT2D eigenvalue weighted by Gasteiger charge is 2.19. The Morgan fingerprint density at radius 1 is 1.25 bits per heavy atom. The van der Waals surface area contributed by atoms with E-state index in [4.69, 9.17) is 16.3 Å². The summed E-state index contributed by atoms with van der Waals surface area (Å²) in [6.07, 6.45) is 2.21. The third kappa shape index (κ3) is 5.67. The molecular formula is C20H21ClN6O4S.